The molecule has 0 unspecified atom stereocenters. The van der Waals surface area contributed by atoms with E-state index >= 15 is 0 Å². The first-order valence-corrected chi connectivity index (χ1v) is 6.24. The Bertz CT molecular complexity index is 431. The summed E-state index contributed by atoms with van der Waals surface area (Å²) in [5.74, 6) is 0.214. The standard InChI is InChI=1S/C15H19NO/c1-3-15(17)13-4-6-14(7-5-13)16-10-8-12(2)9-11-16/h4-8H,3,9-11H2,1-2H3. The van der Waals surface area contributed by atoms with E-state index in [4.69, 9.17) is 0 Å². The summed E-state index contributed by atoms with van der Waals surface area (Å²) < 4.78 is 0. The quantitative estimate of drug-likeness (QED) is 0.584. The van der Waals surface area contributed by atoms with Gasteiger partial charge in [0.15, 0.2) is 5.78 Å². The topological polar surface area (TPSA) is 20.3 Å². The summed E-state index contributed by atoms with van der Waals surface area (Å²) in [6, 6.07) is 7.98. The van der Waals surface area contributed by atoms with E-state index in [1.54, 1.807) is 0 Å². The fraction of sp³-hybridized carbons (Fsp3) is 0.400. The number of nitrogens with zero attached hydrogens (tertiary/aromatic N) is 1. The lowest BCUT2D eigenvalue weighted by molar-refractivity contribution is 0.0988. The van der Waals surface area contributed by atoms with Crippen molar-refractivity contribution in [1.29, 1.82) is 0 Å². The second-order valence-electron chi connectivity index (χ2n) is 4.57. The molecule has 0 atom stereocenters. The van der Waals surface area contributed by atoms with Gasteiger partial charge in [-0.15, -0.1) is 0 Å². The molecule has 90 valence electrons. The van der Waals surface area contributed by atoms with Crippen LogP contribution in [0.5, 0.6) is 0 Å². The summed E-state index contributed by atoms with van der Waals surface area (Å²) in [6.45, 7) is 6.13. The first kappa shape index (κ1) is 11.9. The van der Waals surface area contributed by atoms with Crippen LogP contribution in [-0.2, 0) is 0 Å². The molecule has 2 rings (SSSR count). The van der Waals surface area contributed by atoms with E-state index in [9.17, 15) is 4.79 Å². The van der Waals surface area contributed by atoms with Crippen molar-refractivity contribution in [2.45, 2.75) is 26.7 Å². The summed E-state index contributed by atoms with van der Waals surface area (Å²) in [5.41, 5.74) is 3.50. The predicted octanol–water partition coefficient (Wildman–Crippen LogP) is 3.44. The molecule has 0 saturated carbocycles. The smallest absolute Gasteiger partial charge is 0.162 e. The molecule has 0 amide bonds. The van der Waals surface area contributed by atoms with E-state index in [-0.39, 0.29) is 5.78 Å². The molecule has 0 spiro atoms. The molecule has 0 bridgehead atoms. The van der Waals surface area contributed by atoms with Crippen molar-refractivity contribution >= 4 is 11.5 Å². The third kappa shape index (κ3) is 2.76. The van der Waals surface area contributed by atoms with E-state index in [0.717, 1.165) is 25.1 Å². The summed E-state index contributed by atoms with van der Waals surface area (Å²) in [6.07, 6.45) is 3.98. The summed E-state index contributed by atoms with van der Waals surface area (Å²) >= 11 is 0. The van der Waals surface area contributed by atoms with Crippen molar-refractivity contribution in [2.75, 3.05) is 18.0 Å². The summed E-state index contributed by atoms with van der Waals surface area (Å²) in [4.78, 5) is 13.9. The fourth-order valence-electron chi connectivity index (χ4n) is 2.07. The first-order chi connectivity index (χ1) is 8.20. The first-order valence-electron chi connectivity index (χ1n) is 6.24. The van der Waals surface area contributed by atoms with Gasteiger partial charge >= 0.3 is 0 Å². The van der Waals surface area contributed by atoms with E-state index in [1.165, 1.54) is 11.3 Å². The number of ketones is 1. The molecule has 2 nitrogen and oxygen atoms in total. The van der Waals surface area contributed by atoms with Crippen LogP contribution >= 0.6 is 0 Å². The van der Waals surface area contributed by atoms with Crippen LogP contribution in [0.1, 0.15) is 37.0 Å². The molecule has 2 heteroatoms. The molecule has 1 aromatic carbocycles. The average Bonchev–Trinajstić information content (AvgIpc) is 2.39. The number of benzene rings is 1. The van der Waals surface area contributed by atoms with Crippen molar-refractivity contribution in [2.24, 2.45) is 0 Å². The van der Waals surface area contributed by atoms with Crippen molar-refractivity contribution in [3.63, 3.8) is 0 Å². The Kier molecular flexibility index (Phi) is 3.62. The third-order valence-corrected chi connectivity index (χ3v) is 3.31. The molecule has 1 aliphatic rings. The number of carbonyl (C=O) groups is 1. The molecule has 0 N–H and O–H groups in total. The highest BCUT2D eigenvalue weighted by Crippen LogP contribution is 2.20. The molecule has 0 aliphatic carbocycles. The van der Waals surface area contributed by atoms with Crippen LogP contribution in [0.4, 0.5) is 5.69 Å². The molecule has 1 aliphatic heterocycles. The highest BCUT2D eigenvalue weighted by Gasteiger charge is 2.10. The van der Waals surface area contributed by atoms with Gasteiger partial charge in [-0.2, -0.15) is 0 Å². The number of hydrogen-bond acceptors (Lipinski definition) is 2. The molecule has 0 fully saturated rings. The Morgan fingerprint density at radius 1 is 1.29 bits per heavy atom. The highest BCUT2D eigenvalue weighted by atomic mass is 16.1. The molecular formula is C15H19NO. The number of hydrogen-bond donors (Lipinski definition) is 0. The molecule has 1 aromatic rings. The second kappa shape index (κ2) is 5.17. The van der Waals surface area contributed by atoms with Gasteiger partial charge in [-0.1, -0.05) is 18.6 Å². The van der Waals surface area contributed by atoms with E-state index in [2.05, 4.69) is 30.0 Å². The molecule has 17 heavy (non-hydrogen) atoms. The number of anilines is 1. The minimum absolute atomic E-state index is 0.214. The van der Waals surface area contributed by atoms with Crippen LogP contribution in [0, 0.1) is 0 Å². The molecule has 1 heterocycles. The minimum Gasteiger partial charge on any atom is -0.367 e. The van der Waals surface area contributed by atoms with Gasteiger partial charge in [-0.3, -0.25) is 4.79 Å². The van der Waals surface area contributed by atoms with Crippen LogP contribution in [0.2, 0.25) is 0 Å². The van der Waals surface area contributed by atoms with Crippen LogP contribution in [0.15, 0.2) is 35.9 Å². The zero-order chi connectivity index (χ0) is 12.3. The Labute approximate surface area is 103 Å². The maximum Gasteiger partial charge on any atom is 0.162 e. The second-order valence-corrected chi connectivity index (χ2v) is 4.57. The number of carbonyl (C=O) groups excluding carboxylic acids is 1. The Morgan fingerprint density at radius 2 is 2.00 bits per heavy atom. The lowest BCUT2D eigenvalue weighted by atomic mass is 10.1. The number of Topliss-reactive ketones (excluding diaryl/α,β-unsaturated/α-hetero) is 1. The Balaban J connectivity index is 2.11. The van der Waals surface area contributed by atoms with Gasteiger partial charge in [-0.25, -0.2) is 0 Å². The number of rotatable bonds is 3. The predicted molar refractivity (Wildman–Crippen MR) is 71.7 cm³/mol. The van der Waals surface area contributed by atoms with Gasteiger partial charge in [0.25, 0.3) is 0 Å². The van der Waals surface area contributed by atoms with Gasteiger partial charge in [-0.05, 0) is 37.6 Å². The maximum absolute atomic E-state index is 11.5. The SMILES string of the molecule is CCC(=O)c1ccc(N2CC=C(C)CC2)cc1. The molecule has 0 aromatic heterocycles. The molecule has 0 radical (unpaired) electrons. The summed E-state index contributed by atoms with van der Waals surface area (Å²) in [5, 5.41) is 0. The van der Waals surface area contributed by atoms with E-state index in [1.807, 2.05) is 19.1 Å². The lowest BCUT2D eigenvalue weighted by Gasteiger charge is -2.27. The molecule has 0 saturated heterocycles. The van der Waals surface area contributed by atoms with Crippen molar-refractivity contribution < 1.29 is 4.79 Å². The zero-order valence-corrected chi connectivity index (χ0v) is 10.6. The van der Waals surface area contributed by atoms with Crippen molar-refractivity contribution in [3.05, 3.63) is 41.5 Å². The van der Waals surface area contributed by atoms with Gasteiger partial charge in [0.05, 0.1) is 0 Å². The Morgan fingerprint density at radius 3 is 2.53 bits per heavy atom. The van der Waals surface area contributed by atoms with Crippen LogP contribution in [0.3, 0.4) is 0 Å². The normalized spacial score (nSPS) is 15.6. The lowest BCUT2D eigenvalue weighted by Crippen LogP contribution is -2.27. The van der Waals surface area contributed by atoms with E-state index < -0.39 is 0 Å². The average molecular weight is 229 g/mol. The van der Waals surface area contributed by atoms with E-state index in [0.29, 0.717) is 6.42 Å². The minimum atomic E-state index is 0.214. The van der Waals surface area contributed by atoms with Crippen molar-refractivity contribution in [3.8, 4) is 0 Å². The van der Waals surface area contributed by atoms with Crippen LogP contribution in [-0.4, -0.2) is 18.9 Å². The molecular weight excluding hydrogens is 210 g/mol. The largest absolute Gasteiger partial charge is 0.367 e. The third-order valence-electron chi connectivity index (χ3n) is 3.31. The summed E-state index contributed by atoms with van der Waals surface area (Å²) in [7, 11) is 0. The van der Waals surface area contributed by atoms with Crippen molar-refractivity contribution in [1.82, 2.24) is 0 Å². The van der Waals surface area contributed by atoms with Gasteiger partial charge < -0.3 is 4.90 Å². The van der Waals surface area contributed by atoms with Crippen LogP contribution in [0.25, 0.3) is 0 Å². The van der Waals surface area contributed by atoms with Gasteiger partial charge in [0, 0.05) is 30.8 Å². The van der Waals surface area contributed by atoms with Gasteiger partial charge in [0.1, 0.15) is 0 Å². The zero-order valence-electron chi connectivity index (χ0n) is 10.6. The highest BCUT2D eigenvalue weighted by molar-refractivity contribution is 5.96. The fourth-order valence-corrected chi connectivity index (χ4v) is 2.07. The maximum atomic E-state index is 11.5. The Hall–Kier alpha value is -1.57. The van der Waals surface area contributed by atoms with Gasteiger partial charge in [0.2, 0.25) is 0 Å². The van der Waals surface area contributed by atoms with Crippen LogP contribution < -0.4 is 4.90 Å². The monoisotopic (exact) mass is 229 g/mol.